The standard InChI is InChI=1S/C23H23ClN2O3S/c1-15(2)20-6-4-5-7-21(20)25-23(27)17-9-8-16(3)22(14-17)26-30(28,29)19-12-10-18(24)11-13-19/h4-15,26H,1-3H3,(H,25,27). The van der Waals surface area contributed by atoms with E-state index in [0.717, 1.165) is 11.3 Å². The molecule has 0 atom stereocenters. The second-order valence-electron chi connectivity index (χ2n) is 7.29. The highest BCUT2D eigenvalue weighted by molar-refractivity contribution is 7.92. The molecule has 0 saturated heterocycles. The van der Waals surface area contributed by atoms with Gasteiger partial charge in [-0.1, -0.05) is 49.7 Å². The summed E-state index contributed by atoms with van der Waals surface area (Å²) < 4.78 is 28.0. The zero-order chi connectivity index (χ0) is 21.9. The van der Waals surface area contributed by atoms with Crippen molar-refractivity contribution in [1.29, 1.82) is 0 Å². The third kappa shape index (κ3) is 5.01. The molecule has 3 aromatic carbocycles. The predicted molar refractivity (Wildman–Crippen MR) is 122 cm³/mol. The molecule has 0 fully saturated rings. The molecular weight excluding hydrogens is 420 g/mol. The molecule has 156 valence electrons. The SMILES string of the molecule is Cc1ccc(C(=O)Nc2ccccc2C(C)C)cc1NS(=O)(=O)c1ccc(Cl)cc1. The number of hydrogen-bond acceptors (Lipinski definition) is 3. The van der Waals surface area contributed by atoms with Crippen molar-refractivity contribution in [1.82, 2.24) is 0 Å². The first kappa shape index (κ1) is 21.9. The smallest absolute Gasteiger partial charge is 0.261 e. The maximum Gasteiger partial charge on any atom is 0.261 e. The molecule has 2 N–H and O–H groups in total. The quantitative estimate of drug-likeness (QED) is 0.504. The highest BCUT2D eigenvalue weighted by Crippen LogP contribution is 2.26. The molecule has 0 radical (unpaired) electrons. The lowest BCUT2D eigenvalue weighted by atomic mass is 10.0. The number of nitrogens with one attached hydrogen (secondary N) is 2. The Morgan fingerprint density at radius 3 is 2.27 bits per heavy atom. The zero-order valence-corrected chi connectivity index (χ0v) is 18.5. The number of hydrogen-bond donors (Lipinski definition) is 2. The molecule has 5 nitrogen and oxygen atoms in total. The van der Waals surface area contributed by atoms with Crippen molar-refractivity contribution in [3.63, 3.8) is 0 Å². The number of amides is 1. The fourth-order valence-corrected chi connectivity index (χ4v) is 4.25. The van der Waals surface area contributed by atoms with Crippen LogP contribution in [0.4, 0.5) is 11.4 Å². The number of carbonyl (C=O) groups is 1. The van der Waals surface area contributed by atoms with E-state index in [9.17, 15) is 13.2 Å². The average molecular weight is 443 g/mol. The molecule has 0 spiro atoms. The van der Waals surface area contributed by atoms with E-state index in [4.69, 9.17) is 11.6 Å². The molecule has 3 rings (SSSR count). The van der Waals surface area contributed by atoms with Gasteiger partial charge in [-0.3, -0.25) is 9.52 Å². The van der Waals surface area contributed by atoms with Gasteiger partial charge in [-0.25, -0.2) is 8.42 Å². The van der Waals surface area contributed by atoms with E-state index < -0.39 is 10.0 Å². The van der Waals surface area contributed by atoms with Gasteiger partial charge in [0, 0.05) is 16.3 Å². The summed E-state index contributed by atoms with van der Waals surface area (Å²) in [7, 11) is -3.81. The van der Waals surface area contributed by atoms with Crippen LogP contribution in [0.5, 0.6) is 0 Å². The van der Waals surface area contributed by atoms with E-state index in [2.05, 4.69) is 23.9 Å². The van der Waals surface area contributed by atoms with Gasteiger partial charge in [0.15, 0.2) is 0 Å². The van der Waals surface area contributed by atoms with E-state index in [0.29, 0.717) is 21.8 Å². The molecule has 0 aromatic heterocycles. The van der Waals surface area contributed by atoms with Crippen molar-refractivity contribution in [3.8, 4) is 0 Å². The summed E-state index contributed by atoms with van der Waals surface area (Å²) in [6.07, 6.45) is 0. The zero-order valence-electron chi connectivity index (χ0n) is 16.9. The minimum absolute atomic E-state index is 0.0898. The van der Waals surface area contributed by atoms with Crippen LogP contribution in [-0.2, 0) is 10.0 Å². The summed E-state index contributed by atoms with van der Waals surface area (Å²) in [5.74, 6) is -0.0590. The normalized spacial score (nSPS) is 11.4. The minimum Gasteiger partial charge on any atom is -0.322 e. The van der Waals surface area contributed by atoms with E-state index in [1.54, 1.807) is 19.1 Å². The van der Waals surface area contributed by atoms with Crippen molar-refractivity contribution in [2.24, 2.45) is 0 Å². The Hall–Kier alpha value is -2.83. The third-order valence-electron chi connectivity index (χ3n) is 4.70. The Bertz CT molecular complexity index is 1170. The van der Waals surface area contributed by atoms with Crippen LogP contribution in [0.2, 0.25) is 5.02 Å². The molecule has 0 aliphatic heterocycles. The van der Waals surface area contributed by atoms with E-state index in [1.807, 2.05) is 24.3 Å². The molecule has 0 heterocycles. The Balaban J connectivity index is 1.86. The molecule has 0 aliphatic carbocycles. The van der Waals surface area contributed by atoms with Crippen LogP contribution in [0.1, 0.15) is 41.3 Å². The van der Waals surface area contributed by atoms with Crippen molar-refractivity contribution in [2.45, 2.75) is 31.6 Å². The van der Waals surface area contributed by atoms with E-state index in [1.165, 1.54) is 30.3 Å². The summed E-state index contributed by atoms with van der Waals surface area (Å²) in [6.45, 7) is 5.89. The predicted octanol–water partition coefficient (Wildman–Crippen LogP) is 5.82. The Morgan fingerprint density at radius 1 is 0.933 bits per heavy atom. The van der Waals surface area contributed by atoms with Crippen LogP contribution in [0.25, 0.3) is 0 Å². The molecule has 0 unspecified atom stereocenters. The number of aryl methyl sites for hydroxylation is 1. The van der Waals surface area contributed by atoms with Crippen molar-refractivity contribution in [3.05, 3.63) is 88.4 Å². The van der Waals surface area contributed by atoms with Gasteiger partial charge in [0.2, 0.25) is 0 Å². The molecule has 7 heteroatoms. The summed E-state index contributed by atoms with van der Waals surface area (Å²) in [5.41, 5.74) is 3.16. The number of halogens is 1. The second-order valence-corrected chi connectivity index (χ2v) is 9.40. The van der Waals surface area contributed by atoms with Crippen molar-refractivity contribution in [2.75, 3.05) is 10.0 Å². The number of rotatable bonds is 6. The highest BCUT2D eigenvalue weighted by atomic mass is 35.5. The van der Waals surface area contributed by atoms with Gasteiger partial charge < -0.3 is 5.32 Å². The molecule has 0 aliphatic rings. The lowest BCUT2D eigenvalue weighted by Crippen LogP contribution is -2.16. The molecule has 1 amide bonds. The molecule has 0 saturated carbocycles. The maximum atomic E-state index is 12.8. The minimum atomic E-state index is -3.81. The van der Waals surface area contributed by atoms with Gasteiger partial charge in [0.25, 0.3) is 15.9 Å². The van der Waals surface area contributed by atoms with Crippen LogP contribution in [-0.4, -0.2) is 14.3 Å². The summed E-state index contributed by atoms with van der Waals surface area (Å²) in [4.78, 5) is 12.9. The molecular formula is C23H23ClN2O3S. The van der Waals surface area contributed by atoms with Crippen molar-refractivity contribution < 1.29 is 13.2 Å². The first-order valence-electron chi connectivity index (χ1n) is 9.46. The fourth-order valence-electron chi connectivity index (χ4n) is 3.00. The average Bonchev–Trinajstić information content (AvgIpc) is 2.70. The first-order valence-corrected chi connectivity index (χ1v) is 11.3. The maximum absolute atomic E-state index is 12.8. The van der Waals surface area contributed by atoms with Gasteiger partial charge in [-0.15, -0.1) is 0 Å². The number of anilines is 2. The molecule has 0 bridgehead atoms. The topological polar surface area (TPSA) is 75.3 Å². The van der Waals surface area contributed by atoms with Crippen molar-refractivity contribution >= 4 is 38.9 Å². The first-order chi connectivity index (χ1) is 14.2. The summed E-state index contributed by atoms with van der Waals surface area (Å²) >= 11 is 5.84. The largest absolute Gasteiger partial charge is 0.322 e. The van der Waals surface area contributed by atoms with Gasteiger partial charge in [0.05, 0.1) is 10.6 Å². The Labute approximate surface area is 182 Å². The number of sulfonamides is 1. The van der Waals surface area contributed by atoms with Gasteiger partial charge in [0.1, 0.15) is 0 Å². The van der Waals surface area contributed by atoms with Crippen LogP contribution < -0.4 is 10.0 Å². The highest BCUT2D eigenvalue weighted by Gasteiger charge is 2.17. The lowest BCUT2D eigenvalue weighted by molar-refractivity contribution is 0.102. The third-order valence-corrected chi connectivity index (χ3v) is 6.33. The summed E-state index contributed by atoms with van der Waals surface area (Å²) in [5, 5.41) is 3.37. The van der Waals surface area contributed by atoms with Gasteiger partial charge >= 0.3 is 0 Å². The number of para-hydroxylation sites is 1. The van der Waals surface area contributed by atoms with E-state index in [-0.39, 0.29) is 16.7 Å². The molecule has 30 heavy (non-hydrogen) atoms. The lowest BCUT2D eigenvalue weighted by Gasteiger charge is -2.15. The monoisotopic (exact) mass is 442 g/mol. The summed E-state index contributed by atoms with van der Waals surface area (Å²) in [6, 6.07) is 18.4. The number of carbonyl (C=O) groups excluding carboxylic acids is 1. The molecule has 3 aromatic rings. The van der Waals surface area contributed by atoms with E-state index >= 15 is 0 Å². The van der Waals surface area contributed by atoms with Crippen LogP contribution in [0, 0.1) is 6.92 Å². The second kappa shape index (κ2) is 8.90. The Morgan fingerprint density at radius 2 is 1.60 bits per heavy atom. The van der Waals surface area contributed by atoms with Gasteiger partial charge in [-0.05, 0) is 66.4 Å². The van der Waals surface area contributed by atoms with Crippen LogP contribution >= 0.6 is 11.6 Å². The Kier molecular flexibility index (Phi) is 6.48. The van der Waals surface area contributed by atoms with Crippen LogP contribution in [0.15, 0.2) is 71.6 Å². The fraction of sp³-hybridized carbons (Fsp3) is 0.174. The number of benzene rings is 3. The van der Waals surface area contributed by atoms with Gasteiger partial charge in [-0.2, -0.15) is 0 Å². The van der Waals surface area contributed by atoms with Crippen LogP contribution in [0.3, 0.4) is 0 Å².